The van der Waals surface area contributed by atoms with Crippen LogP contribution >= 0.6 is 15.9 Å². The molecule has 2 N–H and O–H groups in total. The molecule has 0 unspecified atom stereocenters. The predicted octanol–water partition coefficient (Wildman–Crippen LogP) is 4.79. The highest BCUT2D eigenvalue weighted by Crippen LogP contribution is 2.34. The minimum absolute atomic E-state index is 0.00396. The number of halogens is 2. The summed E-state index contributed by atoms with van der Waals surface area (Å²) in [5.74, 6) is -0.772. The topological polar surface area (TPSA) is 106 Å². The average Bonchev–Trinajstić information content (AvgIpc) is 3.12. The Kier molecular flexibility index (Phi) is 5.38. The van der Waals surface area contributed by atoms with Gasteiger partial charge in [0.2, 0.25) is 0 Å². The van der Waals surface area contributed by atoms with Crippen molar-refractivity contribution in [1.29, 1.82) is 0 Å². The van der Waals surface area contributed by atoms with Gasteiger partial charge < -0.3 is 15.2 Å². The van der Waals surface area contributed by atoms with Crippen LogP contribution in [0.25, 0.3) is 22.2 Å². The van der Waals surface area contributed by atoms with E-state index in [1.54, 1.807) is 30.3 Å². The molecule has 8 nitrogen and oxygen atoms in total. The van der Waals surface area contributed by atoms with E-state index >= 15 is 0 Å². The Balaban J connectivity index is 1.84. The highest BCUT2D eigenvalue weighted by molar-refractivity contribution is 9.10. The molecular weight excluding hydrogens is 471 g/mol. The predicted molar refractivity (Wildman–Crippen MR) is 115 cm³/mol. The maximum absolute atomic E-state index is 14.5. The Morgan fingerprint density at radius 1 is 1.19 bits per heavy atom. The fourth-order valence-corrected chi connectivity index (χ4v) is 3.36. The van der Waals surface area contributed by atoms with Crippen molar-refractivity contribution in [2.45, 2.75) is 0 Å². The second kappa shape index (κ2) is 8.15. The first-order chi connectivity index (χ1) is 14.9. The number of ether oxygens (including phenoxy) is 1. The van der Waals surface area contributed by atoms with Gasteiger partial charge in [0, 0.05) is 15.4 Å². The summed E-state index contributed by atoms with van der Waals surface area (Å²) in [4.78, 5) is 28.4. The molecule has 0 aliphatic rings. The number of aromatic nitrogens is 3. The lowest BCUT2D eigenvalue weighted by Gasteiger charge is -2.09. The molecule has 0 fully saturated rings. The minimum Gasteiger partial charge on any atom is -0.496 e. The molecule has 2 aromatic heterocycles. The first-order valence-corrected chi connectivity index (χ1v) is 9.70. The highest BCUT2D eigenvalue weighted by Gasteiger charge is 2.21. The summed E-state index contributed by atoms with van der Waals surface area (Å²) in [5, 5.41) is 16.3. The summed E-state index contributed by atoms with van der Waals surface area (Å²) in [5.41, 5.74) is 0.802. The number of nitrogens with one attached hydrogen (secondary N) is 1. The summed E-state index contributed by atoms with van der Waals surface area (Å²) in [6.45, 7) is 0. The summed E-state index contributed by atoms with van der Waals surface area (Å²) in [6.07, 6.45) is -0.0976. The number of pyridine rings is 1. The number of rotatable bonds is 4. The minimum atomic E-state index is -1.35. The molecule has 2 aromatic carbocycles. The maximum Gasteiger partial charge on any atom is 0.432 e. The van der Waals surface area contributed by atoms with Gasteiger partial charge in [-0.3, -0.25) is 9.78 Å². The van der Waals surface area contributed by atoms with Gasteiger partial charge in [-0.2, -0.15) is 4.68 Å². The molecule has 4 rings (SSSR count). The van der Waals surface area contributed by atoms with Crippen LogP contribution in [0.5, 0.6) is 5.75 Å². The van der Waals surface area contributed by atoms with Crippen molar-refractivity contribution >= 4 is 44.7 Å². The lowest BCUT2D eigenvalue weighted by molar-refractivity contribution is 0.102. The standard InChI is InChI=1S/C21H14BrFN4O4/c1-31-17-4-2-3-14(23)18(17)15-9-13-16(10-24-15)27(21(29)30)26-19(13)25-20(28)11-5-7-12(22)8-6-11/h2-10H,1H3,(H,29,30)(H,25,26,28). The van der Waals surface area contributed by atoms with Crippen LogP contribution in [0.4, 0.5) is 15.0 Å². The van der Waals surface area contributed by atoms with E-state index in [2.05, 4.69) is 31.3 Å². The Bertz CT molecular complexity index is 1320. The molecule has 4 aromatic rings. The number of fused-ring (bicyclic) bond motifs is 1. The first-order valence-electron chi connectivity index (χ1n) is 8.91. The molecule has 0 aliphatic carbocycles. The highest BCUT2D eigenvalue weighted by atomic mass is 79.9. The van der Waals surface area contributed by atoms with E-state index in [9.17, 15) is 19.1 Å². The third kappa shape index (κ3) is 3.84. The number of hydrogen-bond donors (Lipinski definition) is 2. The van der Waals surface area contributed by atoms with Gasteiger partial charge in [-0.05, 0) is 42.5 Å². The van der Waals surface area contributed by atoms with Gasteiger partial charge >= 0.3 is 6.09 Å². The fourth-order valence-electron chi connectivity index (χ4n) is 3.09. The van der Waals surface area contributed by atoms with Crippen LogP contribution in [0.1, 0.15) is 10.4 Å². The Hall–Kier alpha value is -3.79. The normalized spacial score (nSPS) is 10.8. The molecule has 0 saturated carbocycles. The fraction of sp³-hybridized carbons (Fsp3) is 0.0476. The van der Waals surface area contributed by atoms with Gasteiger partial charge in [0.1, 0.15) is 17.1 Å². The zero-order valence-corrected chi connectivity index (χ0v) is 17.6. The lowest BCUT2D eigenvalue weighted by Crippen LogP contribution is -2.14. The van der Waals surface area contributed by atoms with Crippen molar-refractivity contribution in [3.63, 3.8) is 0 Å². The number of carbonyl (C=O) groups is 2. The monoisotopic (exact) mass is 484 g/mol. The molecule has 0 saturated heterocycles. The van der Waals surface area contributed by atoms with E-state index in [-0.39, 0.29) is 33.7 Å². The largest absolute Gasteiger partial charge is 0.496 e. The molecule has 0 bridgehead atoms. The number of nitrogens with zero attached hydrogens (tertiary/aromatic N) is 3. The van der Waals surface area contributed by atoms with Crippen molar-refractivity contribution in [3.8, 4) is 17.0 Å². The SMILES string of the molecule is COc1cccc(F)c1-c1cc2c(NC(=O)c3ccc(Br)cc3)nn(C(=O)O)c2cn1. The number of methoxy groups -OCH3 is 1. The molecule has 10 heteroatoms. The van der Waals surface area contributed by atoms with Crippen LogP contribution in [-0.2, 0) is 0 Å². The van der Waals surface area contributed by atoms with Crippen molar-refractivity contribution in [2.24, 2.45) is 0 Å². The molecule has 0 radical (unpaired) electrons. The summed E-state index contributed by atoms with van der Waals surface area (Å²) >= 11 is 3.30. The summed E-state index contributed by atoms with van der Waals surface area (Å²) < 4.78 is 21.2. The van der Waals surface area contributed by atoms with Crippen molar-refractivity contribution in [2.75, 3.05) is 12.4 Å². The van der Waals surface area contributed by atoms with Gasteiger partial charge in [-0.25, -0.2) is 9.18 Å². The zero-order valence-electron chi connectivity index (χ0n) is 16.0. The second-order valence-corrected chi connectivity index (χ2v) is 7.32. The Labute approximate surface area is 183 Å². The Morgan fingerprint density at radius 2 is 1.94 bits per heavy atom. The number of carboxylic acid groups (broad SMARTS) is 1. The quantitative estimate of drug-likeness (QED) is 0.431. The van der Waals surface area contributed by atoms with Gasteiger partial charge in [0.25, 0.3) is 5.91 Å². The van der Waals surface area contributed by atoms with Crippen LogP contribution in [-0.4, -0.2) is 39.0 Å². The molecule has 31 heavy (non-hydrogen) atoms. The van der Waals surface area contributed by atoms with E-state index in [0.717, 1.165) is 4.47 Å². The number of anilines is 1. The van der Waals surface area contributed by atoms with E-state index in [1.807, 2.05) is 0 Å². The number of hydrogen-bond acceptors (Lipinski definition) is 5. The van der Waals surface area contributed by atoms with Crippen LogP contribution in [0, 0.1) is 5.82 Å². The second-order valence-electron chi connectivity index (χ2n) is 6.41. The molecule has 1 amide bonds. The van der Waals surface area contributed by atoms with Crippen LogP contribution in [0.15, 0.2) is 59.2 Å². The van der Waals surface area contributed by atoms with Crippen LogP contribution in [0.3, 0.4) is 0 Å². The van der Waals surface area contributed by atoms with Crippen LogP contribution in [0.2, 0.25) is 0 Å². The van der Waals surface area contributed by atoms with Crippen molar-refractivity contribution < 1.29 is 23.8 Å². The maximum atomic E-state index is 14.5. The number of carbonyl (C=O) groups excluding carboxylic acids is 1. The molecular formula is C21H14BrFN4O4. The van der Waals surface area contributed by atoms with E-state index in [4.69, 9.17) is 4.74 Å². The zero-order chi connectivity index (χ0) is 22.1. The summed E-state index contributed by atoms with van der Waals surface area (Å²) in [7, 11) is 1.41. The number of amides is 1. The van der Waals surface area contributed by atoms with Crippen molar-refractivity contribution in [1.82, 2.24) is 14.8 Å². The third-order valence-corrected chi connectivity index (χ3v) is 5.07. The molecule has 0 spiro atoms. The van der Waals surface area contributed by atoms with Crippen LogP contribution < -0.4 is 10.1 Å². The van der Waals surface area contributed by atoms with E-state index in [1.165, 1.54) is 31.5 Å². The van der Waals surface area contributed by atoms with Gasteiger partial charge in [0.05, 0.1) is 24.6 Å². The average molecular weight is 485 g/mol. The molecule has 0 aliphatic heterocycles. The third-order valence-electron chi connectivity index (χ3n) is 4.54. The lowest BCUT2D eigenvalue weighted by atomic mass is 10.1. The summed E-state index contributed by atoms with van der Waals surface area (Å²) in [6, 6.07) is 12.4. The Morgan fingerprint density at radius 3 is 2.61 bits per heavy atom. The first kappa shape index (κ1) is 20.5. The molecule has 0 atom stereocenters. The van der Waals surface area contributed by atoms with Crippen molar-refractivity contribution in [3.05, 3.63) is 70.6 Å². The molecule has 2 heterocycles. The molecule has 156 valence electrons. The smallest absolute Gasteiger partial charge is 0.432 e. The van der Waals surface area contributed by atoms with Gasteiger partial charge in [-0.1, -0.05) is 22.0 Å². The number of benzene rings is 2. The van der Waals surface area contributed by atoms with Gasteiger partial charge in [0.15, 0.2) is 5.82 Å². The van der Waals surface area contributed by atoms with Gasteiger partial charge in [-0.15, -0.1) is 5.10 Å². The van der Waals surface area contributed by atoms with E-state index < -0.39 is 17.8 Å². The van der Waals surface area contributed by atoms with E-state index in [0.29, 0.717) is 10.2 Å².